The van der Waals surface area contributed by atoms with Crippen LogP contribution in [0, 0.1) is 10.1 Å². The molecule has 5 heteroatoms. The van der Waals surface area contributed by atoms with E-state index < -0.39 is 4.92 Å². The van der Waals surface area contributed by atoms with Gasteiger partial charge < -0.3 is 4.74 Å². The van der Waals surface area contributed by atoms with E-state index in [1.165, 1.54) is 25.3 Å². The van der Waals surface area contributed by atoms with Crippen LogP contribution in [0.25, 0.3) is 6.08 Å². The van der Waals surface area contributed by atoms with Crippen LogP contribution < -0.4 is 4.74 Å². The molecule has 1 rings (SSSR count). The van der Waals surface area contributed by atoms with E-state index in [4.69, 9.17) is 4.74 Å². The highest BCUT2D eigenvalue weighted by molar-refractivity contribution is 5.76. The van der Waals surface area contributed by atoms with Crippen molar-refractivity contribution in [2.24, 2.45) is 0 Å². The minimum absolute atomic E-state index is 0.165. The largest absolute Gasteiger partial charge is 0.490 e. The lowest BCUT2D eigenvalue weighted by atomic mass is 10.2. The van der Waals surface area contributed by atoms with E-state index in [2.05, 4.69) is 0 Å². The third kappa shape index (κ3) is 1.97. The van der Waals surface area contributed by atoms with Crippen LogP contribution in [0.15, 0.2) is 18.2 Å². The molecule has 0 amide bonds. The zero-order chi connectivity index (χ0) is 10.6. The fourth-order valence-corrected chi connectivity index (χ4v) is 1.01. The van der Waals surface area contributed by atoms with E-state index in [1.807, 2.05) is 0 Å². The topological polar surface area (TPSA) is 69.4 Å². The van der Waals surface area contributed by atoms with Crippen molar-refractivity contribution in [2.45, 2.75) is 0 Å². The minimum atomic E-state index is -0.568. The van der Waals surface area contributed by atoms with Gasteiger partial charge in [0.15, 0.2) is 5.75 Å². The maximum atomic E-state index is 10.6. The Morgan fingerprint density at radius 3 is 2.79 bits per heavy atom. The van der Waals surface area contributed by atoms with Gasteiger partial charge in [-0.3, -0.25) is 10.1 Å². The van der Waals surface area contributed by atoms with Gasteiger partial charge in [-0.25, -0.2) is 4.79 Å². The standard InChI is InChI=1S/C9H7NO4/c1-14-9-3-2-7(4-5-11)6-8(9)10(12)13/h2-4,6H,1H3. The number of nitro groups is 1. The number of hydrogen-bond donors (Lipinski definition) is 0. The maximum Gasteiger partial charge on any atom is 0.311 e. The summed E-state index contributed by atoms with van der Waals surface area (Å²) in [5.41, 5.74) is 0.254. The molecule has 0 saturated carbocycles. The first kappa shape index (κ1) is 9.95. The molecular weight excluding hydrogens is 186 g/mol. The molecule has 0 aromatic heterocycles. The summed E-state index contributed by atoms with van der Waals surface area (Å²) in [5.74, 6) is 1.71. The van der Waals surface area contributed by atoms with Crippen LogP contribution in [-0.4, -0.2) is 18.0 Å². The SMILES string of the molecule is COc1ccc(C=C=O)cc1[N+](=O)[O-]. The highest BCUT2D eigenvalue weighted by Gasteiger charge is 2.13. The second kappa shape index (κ2) is 4.20. The Labute approximate surface area is 79.8 Å². The fourth-order valence-electron chi connectivity index (χ4n) is 1.01. The minimum Gasteiger partial charge on any atom is -0.490 e. The Morgan fingerprint density at radius 1 is 1.57 bits per heavy atom. The Balaban J connectivity index is 3.27. The summed E-state index contributed by atoms with van der Waals surface area (Å²) in [6.07, 6.45) is 1.12. The van der Waals surface area contributed by atoms with Gasteiger partial charge in [0.2, 0.25) is 0 Å². The lowest BCUT2D eigenvalue weighted by molar-refractivity contribution is -0.385. The van der Waals surface area contributed by atoms with Gasteiger partial charge in [0.25, 0.3) is 0 Å². The molecule has 0 radical (unpaired) electrons. The predicted molar refractivity (Wildman–Crippen MR) is 49.8 cm³/mol. The van der Waals surface area contributed by atoms with Gasteiger partial charge in [-0.15, -0.1) is 0 Å². The molecule has 0 N–H and O–H groups in total. The number of carbonyl (C=O) groups excluding carboxylic acids is 1. The van der Waals surface area contributed by atoms with Crippen molar-refractivity contribution in [3.8, 4) is 5.75 Å². The lowest BCUT2D eigenvalue weighted by Gasteiger charge is -2.01. The number of nitrogens with zero attached hydrogens (tertiary/aromatic N) is 1. The molecule has 1 aromatic carbocycles. The Hall–Kier alpha value is -2.13. The van der Waals surface area contributed by atoms with Crippen LogP contribution in [0.2, 0.25) is 0 Å². The van der Waals surface area contributed by atoms with E-state index in [0.717, 1.165) is 6.08 Å². The molecule has 72 valence electrons. The molecule has 5 nitrogen and oxygen atoms in total. The van der Waals surface area contributed by atoms with Crippen molar-refractivity contribution in [3.05, 3.63) is 33.9 Å². The van der Waals surface area contributed by atoms with Gasteiger partial charge >= 0.3 is 5.69 Å². The smallest absolute Gasteiger partial charge is 0.311 e. The number of ether oxygens (including phenoxy) is 1. The van der Waals surface area contributed by atoms with E-state index in [0.29, 0.717) is 5.56 Å². The van der Waals surface area contributed by atoms with Crippen molar-refractivity contribution in [1.29, 1.82) is 0 Å². The molecule has 1 aromatic rings. The van der Waals surface area contributed by atoms with Crippen molar-refractivity contribution < 1.29 is 14.5 Å². The molecule has 0 spiro atoms. The number of methoxy groups -OCH3 is 1. The van der Waals surface area contributed by atoms with Crippen LogP contribution in [0.1, 0.15) is 5.56 Å². The molecule has 0 aliphatic rings. The highest BCUT2D eigenvalue weighted by Crippen LogP contribution is 2.27. The second-order valence-electron chi connectivity index (χ2n) is 2.45. The summed E-state index contributed by atoms with van der Waals surface area (Å²) >= 11 is 0. The number of nitro benzene ring substituents is 1. The van der Waals surface area contributed by atoms with E-state index >= 15 is 0 Å². The third-order valence-electron chi connectivity index (χ3n) is 1.63. The molecule has 0 aliphatic carbocycles. The summed E-state index contributed by atoms with van der Waals surface area (Å²) in [7, 11) is 1.34. The van der Waals surface area contributed by atoms with Gasteiger partial charge in [0, 0.05) is 12.1 Å². The van der Waals surface area contributed by atoms with Crippen LogP contribution >= 0.6 is 0 Å². The van der Waals surface area contributed by atoms with Crippen molar-refractivity contribution in [2.75, 3.05) is 7.11 Å². The van der Waals surface area contributed by atoms with Gasteiger partial charge in [0.1, 0.15) is 5.94 Å². The highest BCUT2D eigenvalue weighted by atomic mass is 16.6. The van der Waals surface area contributed by atoms with Crippen molar-refractivity contribution >= 4 is 17.7 Å². The molecule has 0 atom stereocenters. The third-order valence-corrected chi connectivity index (χ3v) is 1.63. The normalized spacial score (nSPS) is 8.93. The predicted octanol–water partition coefficient (Wildman–Crippen LogP) is 1.45. The summed E-state index contributed by atoms with van der Waals surface area (Å²) in [5, 5.41) is 10.6. The molecule has 0 saturated heterocycles. The lowest BCUT2D eigenvalue weighted by Crippen LogP contribution is -1.93. The quantitative estimate of drug-likeness (QED) is 0.414. The van der Waals surface area contributed by atoms with Gasteiger partial charge in [-0.05, 0) is 11.6 Å². The van der Waals surface area contributed by atoms with Crippen molar-refractivity contribution in [3.63, 3.8) is 0 Å². The summed E-state index contributed by atoms with van der Waals surface area (Å²) < 4.78 is 4.79. The Morgan fingerprint density at radius 2 is 2.29 bits per heavy atom. The van der Waals surface area contributed by atoms with E-state index in [-0.39, 0.29) is 11.4 Å². The molecule has 0 fully saturated rings. The zero-order valence-electron chi connectivity index (χ0n) is 7.39. The van der Waals surface area contributed by atoms with Gasteiger partial charge in [-0.2, -0.15) is 0 Å². The van der Waals surface area contributed by atoms with Crippen LogP contribution in [-0.2, 0) is 4.79 Å². The first-order valence-corrected chi connectivity index (χ1v) is 3.72. The molecule has 0 unspecified atom stereocenters. The summed E-state index contributed by atoms with van der Waals surface area (Å²) in [4.78, 5) is 20.0. The van der Waals surface area contributed by atoms with E-state index in [1.54, 1.807) is 5.94 Å². The van der Waals surface area contributed by atoms with Crippen LogP contribution in [0.5, 0.6) is 5.75 Å². The summed E-state index contributed by atoms with van der Waals surface area (Å²) in [6, 6.07) is 4.22. The van der Waals surface area contributed by atoms with Gasteiger partial charge in [-0.1, -0.05) is 6.07 Å². The van der Waals surface area contributed by atoms with Crippen LogP contribution in [0.3, 0.4) is 0 Å². The zero-order valence-corrected chi connectivity index (χ0v) is 7.39. The van der Waals surface area contributed by atoms with Crippen molar-refractivity contribution in [1.82, 2.24) is 0 Å². The first-order chi connectivity index (χ1) is 6.69. The monoisotopic (exact) mass is 193 g/mol. The molecule has 14 heavy (non-hydrogen) atoms. The summed E-state index contributed by atoms with van der Waals surface area (Å²) in [6.45, 7) is 0. The average molecular weight is 193 g/mol. The molecular formula is C9H7NO4. The number of benzene rings is 1. The average Bonchev–Trinajstić information content (AvgIpc) is 2.18. The molecule has 0 aliphatic heterocycles. The van der Waals surface area contributed by atoms with E-state index in [9.17, 15) is 14.9 Å². The fraction of sp³-hybridized carbons (Fsp3) is 0.111. The van der Waals surface area contributed by atoms with Gasteiger partial charge in [0.05, 0.1) is 12.0 Å². The Bertz CT molecular complexity index is 407. The molecule has 0 heterocycles. The Kier molecular flexibility index (Phi) is 2.99. The second-order valence-corrected chi connectivity index (χ2v) is 2.45. The maximum absolute atomic E-state index is 10.6. The number of rotatable bonds is 3. The van der Waals surface area contributed by atoms with Crippen LogP contribution in [0.4, 0.5) is 5.69 Å². The molecule has 0 bridgehead atoms. The first-order valence-electron chi connectivity index (χ1n) is 3.72. The number of hydrogen-bond acceptors (Lipinski definition) is 4.